The Kier molecular flexibility index (Phi) is 9.12. The maximum atomic E-state index is 12.9. The summed E-state index contributed by atoms with van der Waals surface area (Å²) in [6, 6.07) is 4.42. The Hall–Kier alpha value is -3.24. The molecule has 2 rings (SSSR count). The molecule has 0 bridgehead atoms. The van der Waals surface area contributed by atoms with Crippen molar-refractivity contribution in [3.8, 4) is 0 Å². The Balaban J connectivity index is 2.32. The van der Waals surface area contributed by atoms with Crippen LogP contribution in [0.25, 0.3) is 0 Å². The first-order chi connectivity index (χ1) is 15.6. The Morgan fingerprint density at radius 1 is 1.12 bits per heavy atom. The van der Waals surface area contributed by atoms with Crippen LogP contribution in [-0.4, -0.2) is 46.0 Å². The van der Waals surface area contributed by atoms with Crippen LogP contribution in [0.3, 0.4) is 0 Å². The van der Waals surface area contributed by atoms with Crippen LogP contribution >= 0.6 is 23.2 Å². The fourth-order valence-electron chi connectivity index (χ4n) is 3.04. The van der Waals surface area contributed by atoms with Gasteiger partial charge >= 0.3 is 5.97 Å². The van der Waals surface area contributed by atoms with E-state index in [1.165, 1.54) is 30.5 Å². The second kappa shape index (κ2) is 11.6. The molecular weight excluding hydrogens is 480 g/mol. The molecule has 0 saturated carbocycles. The monoisotopic (exact) mass is 499 g/mol. The van der Waals surface area contributed by atoms with E-state index >= 15 is 0 Å². The lowest BCUT2D eigenvalue weighted by Crippen LogP contribution is -2.47. The molecule has 0 fully saturated rings. The molecule has 1 aromatic carbocycles. The SMILES string of the molecule is CCC(C(=O)NC(CC(=O)O)C(=O)CF)n1cccc(NC(=O)c2c(Cl)cccc2Cl)c1=O. The topological polar surface area (TPSA) is 135 Å². The predicted octanol–water partition coefficient (Wildman–Crippen LogP) is 2.86. The molecule has 176 valence electrons. The van der Waals surface area contributed by atoms with E-state index in [2.05, 4.69) is 10.6 Å². The lowest BCUT2D eigenvalue weighted by Gasteiger charge is -2.22. The number of carbonyl (C=O) groups is 4. The highest BCUT2D eigenvalue weighted by Gasteiger charge is 2.28. The lowest BCUT2D eigenvalue weighted by molar-refractivity contribution is -0.140. The molecule has 2 unspecified atom stereocenters. The number of carbonyl (C=O) groups excluding carboxylic acids is 3. The van der Waals surface area contributed by atoms with Crippen molar-refractivity contribution in [3.05, 3.63) is 62.5 Å². The third kappa shape index (κ3) is 6.39. The highest BCUT2D eigenvalue weighted by Crippen LogP contribution is 2.25. The minimum Gasteiger partial charge on any atom is -0.481 e. The summed E-state index contributed by atoms with van der Waals surface area (Å²) in [5.41, 5.74) is -0.962. The molecule has 3 N–H and O–H groups in total. The minimum absolute atomic E-state index is 0.0401. The molecule has 33 heavy (non-hydrogen) atoms. The molecule has 0 aliphatic carbocycles. The number of Topliss-reactive ketones (excluding diaryl/α,β-unsaturated/α-hetero) is 1. The van der Waals surface area contributed by atoms with Gasteiger partial charge in [-0.1, -0.05) is 36.2 Å². The molecule has 0 spiro atoms. The first-order valence-corrected chi connectivity index (χ1v) is 10.4. The first-order valence-electron chi connectivity index (χ1n) is 9.68. The number of nitrogens with one attached hydrogen (secondary N) is 2. The number of carboxylic acids is 1. The molecule has 1 heterocycles. The Morgan fingerprint density at radius 2 is 1.76 bits per heavy atom. The summed E-state index contributed by atoms with van der Waals surface area (Å²) < 4.78 is 13.8. The van der Waals surface area contributed by atoms with Crippen LogP contribution in [0.4, 0.5) is 10.1 Å². The van der Waals surface area contributed by atoms with E-state index in [1.54, 1.807) is 13.0 Å². The number of hydrogen-bond donors (Lipinski definition) is 3. The van der Waals surface area contributed by atoms with Crippen LogP contribution < -0.4 is 16.2 Å². The summed E-state index contributed by atoms with van der Waals surface area (Å²) in [6.45, 7) is 0.121. The number of nitrogens with zero attached hydrogens (tertiary/aromatic N) is 1. The zero-order valence-electron chi connectivity index (χ0n) is 17.3. The van der Waals surface area contributed by atoms with Gasteiger partial charge in [0.05, 0.1) is 22.0 Å². The van der Waals surface area contributed by atoms with Crippen molar-refractivity contribution in [2.75, 3.05) is 12.0 Å². The second-order valence-electron chi connectivity index (χ2n) is 6.87. The number of carboxylic acid groups (broad SMARTS) is 1. The van der Waals surface area contributed by atoms with E-state index in [0.29, 0.717) is 0 Å². The number of alkyl halides is 1. The van der Waals surface area contributed by atoms with Crippen LogP contribution in [-0.2, 0) is 14.4 Å². The van der Waals surface area contributed by atoms with E-state index in [-0.39, 0.29) is 27.7 Å². The molecule has 0 saturated heterocycles. The minimum atomic E-state index is -1.59. The smallest absolute Gasteiger partial charge is 0.305 e. The number of halogens is 3. The maximum Gasteiger partial charge on any atom is 0.305 e. The summed E-state index contributed by atoms with van der Waals surface area (Å²) in [6.07, 6.45) is 0.551. The van der Waals surface area contributed by atoms with E-state index in [9.17, 15) is 28.4 Å². The number of amides is 2. The lowest BCUT2D eigenvalue weighted by atomic mass is 10.1. The van der Waals surface area contributed by atoms with Gasteiger partial charge in [0.15, 0.2) is 5.78 Å². The number of ketones is 1. The fourth-order valence-corrected chi connectivity index (χ4v) is 3.61. The summed E-state index contributed by atoms with van der Waals surface area (Å²) in [5.74, 6) is -4.11. The van der Waals surface area contributed by atoms with E-state index in [0.717, 1.165) is 4.57 Å². The zero-order chi connectivity index (χ0) is 24.7. The standard InChI is InChI=1S/C21H20Cl2FN3O6/c1-2-15(19(31)26-14(9-17(29)30)16(28)10-24)27-8-4-7-13(21(27)33)25-20(32)18-11(22)5-3-6-12(18)23/h3-8,14-15H,2,9-10H2,1H3,(H,25,32)(H,26,31)(H,29,30). The highest BCUT2D eigenvalue weighted by molar-refractivity contribution is 6.40. The van der Waals surface area contributed by atoms with Gasteiger partial charge in [-0.05, 0) is 30.7 Å². The zero-order valence-corrected chi connectivity index (χ0v) is 18.8. The van der Waals surface area contributed by atoms with E-state index in [1.807, 2.05) is 0 Å². The molecule has 9 nitrogen and oxygen atoms in total. The van der Waals surface area contributed by atoms with Gasteiger partial charge in [-0.2, -0.15) is 0 Å². The van der Waals surface area contributed by atoms with Gasteiger partial charge in [0.1, 0.15) is 24.4 Å². The summed E-state index contributed by atoms with van der Waals surface area (Å²) >= 11 is 12.0. The van der Waals surface area contributed by atoms with Gasteiger partial charge in [-0.3, -0.25) is 24.0 Å². The Bertz CT molecular complexity index is 1120. The fraction of sp³-hybridized carbons (Fsp3) is 0.286. The van der Waals surface area contributed by atoms with Crippen molar-refractivity contribution in [2.24, 2.45) is 0 Å². The number of pyridine rings is 1. The largest absolute Gasteiger partial charge is 0.481 e. The van der Waals surface area contributed by atoms with Gasteiger partial charge in [-0.25, -0.2) is 4.39 Å². The van der Waals surface area contributed by atoms with Gasteiger partial charge < -0.3 is 20.3 Å². The van der Waals surface area contributed by atoms with E-state index < -0.39 is 54.3 Å². The summed E-state index contributed by atoms with van der Waals surface area (Å²) in [5, 5.41) is 13.6. The Morgan fingerprint density at radius 3 is 2.30 bits per heavy atom. The summed E-state index contributed by atoms with van der Waals surface area (Å²) in [7, 11) is 0. The molecule has 12 heteroatoms. The van der Waals surface area contributed by atoms with E-state index in [4.69, 9.17) is 28.3 Å². The second-order valence-corrected chi connectivity index (χ2v) is 7.68. The van der Waals surface area contributed by atoms with Crippen molar-refractivity contribution < 1.29 is 28.7 Å². The number of rotatable bonds is 10. The molecule has 2 aromatic rings. The van der Waals surface area contributed by atoms with Crippen LogP contribution in [0.1, 0.15) is 36.2 Å². The van der Waals surface area contributed by atoms with Crippen molar-refractivity contribution >= 4 is 52.5 Å². The quantitative estimate of drug-likeness (QED) is 0.459. The molecule has 0 aliphatic heterocycles. The van der Waals surface area contributed by atoms with Crippen molar-refractivity contribution in [1.29, 1.82) is 0 Å². The average Bonchev–Trinajstić information content (AvgIpc) is 2.75. The maximum absolute atomic E-state index is 12.9. The number of hydrogen-bond acceptors (Lipinski definition) is 5. The van der Waals surface area contributed by atoms with Gasteiger partial charge in [-0.15, -0.1) is 0 Å². The molecule has 0 radical (unpaired) electrons. The predicted molar refractivity (Wildman–Crippen MR) is 120 cm³/mol. The number of anilines is 1. The van der Waals surface area contributed by atoms with Crippen LogP contribution in [0.2, 0.25) is 10.0 Å². The van der Waals surface area contributed by atoms with Crippen molar-refractivity contribution in [2.45, 2.75) is 31.8 Å². The van der Waals surface area contributed by atoms with Crippen LogP contribution in [0, 0.1) is 0 Å². The number of aliphatic carboxylic acids is 1. The van der Waals surface area contributed by atoms with Crippen molar-refractivity contribution in [3.63, 3.8) is 0 Å². The van der Waals surface area contributed by atoms with Gasteiger partial charge in [0, 0.05) is 6.20 Å². The van der Waals surface area contributed by atoms with Gasteiger partial charge in [0.2, 0.25) is 5.91 Å². The normalized spacial score (nSPS) is 12.5. The molecule has 0 aliphatic rings. The molecular formula is C21H20Cl2FN3O6. The van der Waals surface area contributed by atoms with Crippen LogP contribution in [0.15, 0.2) is 41.3 Å². The molecule has 2 amide bonds. The number of aromatic nitrogens is 1. The van der Waals surface area contributed by atoms with Crippen LogP contribution in [0.5, 0.6) is 0 Å². The number of benzene rings is 1. The van der Waals surface area contributed by atoms with Gasteiger partial charge in [0.25, 0.3) is 11.5 Å². The highest BCUT2D eigenvalue weighted by atomic mass is 35.5. The first kappa shape index (κ1) is 26.0. The molecule has 1 aromatic heterocycles. The van der Waals surface area contributed by atoms with Crippen molar-refractivity contribution in [1.82, 2.24) is 9.88 Å². The third-order valence-electron chi connectivity index (χ3n) is 4.65. The third-order valence-corrected chi connectivity index (χ3v) is 5.28. The average molecular weight is 500 g/mol. The molecule has 2 atom stereocenters. The Labute approximate surface area is 197 Å². The summed E-state index contributed by atoms with van der Waals surface area (Å²) in [4.78, 5) is 60.9.